The summed E-state index contributed by atoms with van der Waals surface area (Å²) in [5.74, 6) is 0. The number of hydrogen-bond acceptors (Lipinski definition) is 4. The lowest BCUT2D eigenvalue weighted by molar-refractivity contribution is 0.531. The second kappa shape index (κ2) is 6.57. The first kappa shape index (κ1) is 17.7. The van der Waals surface area contributed by atoms with Crippen LogP contribution in [0.5, 0.6) is 0 Å². The number of rotatable bonds is 2. The lowest BCUT2D eigenvalue weighted by Gasteiger charge is -2.16. The van der Waals surface area contributed by atoms with Crippen molar-refractivity contribution in [2.24, 2.45) is 0 Å². The van der Waals surface area contributed by atoms with E-state index in [1.807, 2.05) is 59.6 Å². The van der Waals surface area contributed by atoms with E-state index in [1.165, 1.54) is 0 Å². The number of nitrogens with zero attached hydrogens (tertiary/aromatic N) is 4. The fraction of sp³-hybridized carbons (Fsp3) is 0.261. The average molecular weight is 383 g/mol. The quantitative estimate of drug-likeness (QED) is 0.576. The number of fused-ring (bicyclic) bond motifs is 2. The van der Waals surface area contributed by atoms with Crippen molar-refractivity contribution in [2.45, 2.75) is 26.3 Å². The Kier molecular flexibility index (Phi) is 4.00. The Balaban J connectivity index is 1.68. The zero-order valence-corrected chi connectivity index (χ0v) is 16.4. The monoisotopic (exact) mass is 383 g/mol. The molecule has 1 saturated heterocycles. The number of imidazole rings is 1. The fourth-order valence-corrected chi connectivity index (χ4v) is 4.32. The van der Waals surface area contributed by atoms with Crippen LogP contribution >= 0.6 is 0 Å². The standard InChI is InChI=1S/C23H21N5O/c1-14-11-28(19-5-6-25-10-19)23(29)20-4-3-16(8-21(14)20)18-7-17(9-24)22-26-15(2)12-27(22)13-18/h3-4,7-8,11-13,19,25H,5-6,10H2,1-2H3/t19-/m0/s1. The van der Waals surface area contributed by atoms with Gasteiger partial charge in [-0.1, -0.05) is 6.07 Å². The molecule has 0 aliphatic carbocycles. The molecule has 6 nitrogen and oxygen atoms in total. The van der Waals surface area contributed by atoms with E-state index in [4.69, 9.17) is 0 Å². The molecule has 0 bridgehead atoms. The molecule has 144 valence electrons. The fourth-order valence-electron chi connectivity index (χ4n) is 4.32. The molecule has 1 aliphatic heterocycles. The van der Waals surface area contributed by atoms with Gasteiger partial charge in [0.2, 0.25) is 0 Å². The smallest absolute Gasteiger partial charge is 0.258 e. The molecule has 5 rings (SSSR count). The molecule has 0 spiro atoms. The predicted octanol–water partition coefficient (Wildman–Crippen LogP) is 3.34. The highest BCUT2D eigenvalue weighted by Crippen LogP contribution is 2.28. The molecule has 4 aromatic rings. The summed E-state index contributed by atoms with van der Waals surface area (Å²) in [6.07, 6.45) is 6.86. The van der Waals surface area contributed by atoms with Gasteiger partial charge in [-0.25, -0.2) is 4.98 Å². The number of nitrogens with one attached hydrogen (secondary N) is 1. The van der Waals surface area contributed by atoms with Crippen molar-refractivity contribution in [1.82, 2.24) is 19.3 Å². The molecule has 0 unspecified atom stereocenters. The molecule has 1 atom stereocenters. The Hall–Kier alpha value is -3.43. The lowest BCUT2D eigenvalue weighted by Crippen LogP contribution is -2.26. The third kappa shape index (κ3) is 2.82. The number of pyridine rings is 2. The highest BCUT2D eigenvalue weighted by Gasteiger charge is 2.19. The Morgan fingerprint density at radius 3 is 2.76 bits per heavy atom. The van der Waals surface area contributed by atoms with Crippen molar-refractivity contribution in [1.29, 1.82) is 5.26 Å². The third-order valence-electron chi connectivity index (χ3n) is 5.80. The van der Waals surface area contributed by atoms with Gasteiger partial charge in [-0.3, -0.25) is 4.79 Å². The zero-order valence-electron chi connectivity index (χ0n) is 16.4. The van der Waals surface area contributed by atoms with Gasteiger partial charge in [-0.05, 0) is 67.1 Å². The van der Waals surface area contributed by atoms with Gasteiger partial charge in [0, 0.05) is 30.5 Å². The van der Waals surface area contributed by atoms with Crippen LogP contribution in [0.1, 0.15) is 29.3 Å². The van der Waals surface area contributed by atoms with Crippen molar-refractivity contribution in [3.05, 3.63) is 70.0 Å². The Bertz CT molecular complexity index is 1370. The maximum atomic E-state index is 13.1. The molecule has 1 fully saturated rings. The molecule has 0 radical (unpaired) electrons. The molecule has 6 heteroatoms. The zero-order chi connectivity index (χ0) is 20.1. The van der Waals surface area contributed by atoms with E-state index in [1.54, 1.807) is 0 Å². The molecule has 29 heavy (non-hydrogen) atoms. The molecule has 0 saturated carbocycles. The molecular weight excluding hydrogens is 362 g/mol. The maximum Gasteiger partial charge on any atom is 0.258 e. The predicted molar refractivity (Wildman–Crippen MR) is 113 cm³/mol. The average Bonchev–Trinajstić information content (AvgIpc) is 3.38. The van der Waals surface area contributed by atoms with Crippen LogP contribution in [0.2, 0.25) is 0 Å². The van der Waals surface area contributed by atoms with E-state index >= 15 is 0 Å². The van der Waals surface area contributed by atoms with Crippen LogP contribution in [0.25, 0.3) is 27.5 Å². The van der Waals surface area contributed by atoms with Gasteiger partial charge in [-0.2, -0.15) is 5.26 Å². The molecule has 1 aliphatic rings. The Morgan fingerprint density at radius 2 is 2.00 bits per heavy atom. The van der Waals surface area contributed by atoms with Gasteiger partial charge in [0.05, 0.1) is 17.3 Å². The number of hydrogen-bond donors (Lipinski definition) is 1. The van der Waals surface area contributed by atoms with Crippen LogP contribution < -0.4 is 10.9 Å². The lowest BCUT2D eigenvalue weighted by atomic mass is 10.00. The summed E-state index contributed by atoms with van der Waals surface area (Å²) >= 11 is 0. The number of aryl methyl sites for hydroxylation is 2. The van der Waals surface area contributed by atoms with Crippen LogP contribution in [0.15, 0.2) is 47.7 Å². The summed E-state index contributed by atoms with van der Waals surface area (Å²) in [5.41, 5.74) is 5.12. The summed E-state index contributed by atoms with van der Waals surface area (Å²) in [6, 6.07) is 10.3. The van der Waals surface area contributed by atoms with E-state index in [0.717, 1.165) is 52.7 Å². The van der Waals surface area contributed by atoms with Gasteiger partial charge < -0.3 is 14.3 Å². The molecule has 3 aromatic heterocycles. The van der Waals surface area contributed by atoms with Gasteiger partial charge in [-0.15, -0.1) is 0 Å². The van der Waals surface area contributed by atoms with Gasteiger partial charge in [0.25, 0.3) is 5.56 Å². The SMILES string of the molecule is Cc1cn2cc(-c3ccc4c(=O)n([C@H]5CCNC5)cc(C)c4c3)cc(C#N)c2n1. The first-order chi connectivity index (χ1) is 14.0. The van der Waals surface area contributed by atoms with Gasteiger partial charge >= 0.3 is 0 Å². The van der Waals surface area contributed by atoms with Crippen molar-refractivity contribution >= 4 is 16.4 Å². The summed E-state index contributed by atoms with van der Waals surface area (Å²) in [6.45, 7) is 5.75. The van der Waals surface area contributed by atoms with Crippen LogP contribution in [-0.2, 0) is 0 Å². The number of benzene rings is 1. The van der Waals surface area contributed by atoms with E-state index in [2.05, 4.69) is 22.4 Å². The minimum Gasteiger partial charge on any atom is -0.315 e. The van der Waals surface area contributed by atoms with Crippen LogP contribution in [0.3, 0.4) is 0 Å². The Labute approximate surface area is 168 Å². The van der Waals surface area contributed by atoms with Crippen LogP contribution in [-0.4, -0.2) is 27.0 Å². The number of aromatic nitrogens is 3. The molecule has 0 amide bonds. The second-order valence-corrected chi connectivity index (χ2v) is 7.80. The molecule has 4 heterocycles. The minimum atomic E-state index is 0.0595. The van der Waals surface area contributed by atoms with E-state index in [0.29, 0.717) is 11.2 Å². The summed E-state index contributed by atoms with van der Waals surface area (Å²) < 4.78 is 3.77. The topological polar surface area (TPSA) is 75.1 Å². The highest BCUT2D eigenvalue weighted by atomic mass is 16.1. The largest absolute Gasteiger partial charge is 0.315 e. The summed E-state index contributed by atoms with van der Waals surface area (Å²) in [4.78, 5) is 17.5. The second-order valence-electron chi connectivity index (χ2n) is 7.80. The van der Waals surface area contributed by atoms with Crippen molar-refractivity contribution < 1.29 is 0 Å². The highest BCUT2D eigenvalue weighted by molar-refractivity contribution is 5.89. The van der Waals surface area contributed by atoms with E-state index in [9.17, 15) is 10.1 Å². The summed E-state index contributed by atoms with van der Waals surface area (Å²) in [5, 5.41) is 14.6. The van der Waals surface area contributed by atoms with Gasteiger partial charge in [0.1, 0.15) is 6.07 Å². The van der Waals surface area contributed by atoms with Crippen LogP contribution in [0.4, 0.5) is 0 Å². The minimum absolute atomic E-state index is 0.0595. The third-order valence-corrected chi connectivity index (χ3v) is 5.80. The van der Waals surface area contributed by atoms with Crippen molar-refractivity contribution in [3.8, 4) is 17.2 Å². The molecular formula is C23H21N5O. The normalized spacial score (nSPS) is 16.5. The first-order valence-corrected chi connectivity index (χ1v) is 9.81. The van der Waals surface area contributed by atoms with E-state index < -0.39 is 0 Å². The first-order valence-electron chi connectivity index (χ1n) is 9.81. The Morgan fingerprint density at radius 1 is 1.14 bits per heavy atom. The maximum absolute atomic E-state index is 13.1. The number of nitriles is 1. The van der Waals surface area contributed by atoms with Gasteiger partial charge in [0.15, 0.2) is 5.65 Å². The molecule has 1 N–H and O–H groups in total. The van der Waals surface area contributed by atoms with E-state index in [-0.39, 0.29) is 11.6 Å². The van der Waals surface area contributed by atoms with Crippen molar-refractivity contribution in [2.75, 3.05) is 13.1 Å². The molecule has 1 aromatic carbocycles. The van der Waals surface area contributed by atoms with Crippen LogP contribution in [0, 0.1) is 25.2 Å². The summed E-state index contributed by atoms with van der Waals surface area (Å²) in [7, 11) is 0. The van der Waals surface area contributed by atoms with Crippen molar-refractivity contribution in [3.63, 3.8) is 0 Å².